The van der Waals surface area contributed by atoms with Gasteiger partial charge in [0.1, 0.15) is 11.4 Å². The van der Waals surface area contributed by atoms with E-state index in [2.05, 4.69) is 15.2 Å². The third-order valence-electron chi connectivity index (χ3n) is 4.27. The average molecular weight is 340 g/mol. The number of anilines is 1. The van der Waals surface area contributed by atoms with Gasteiger partial charge in [0.2, 0.25) is 0 Å². The molecule has 2 fully saturated rings. The summed E-state index contributed by atoms with van der Waals surface area (Å²) >= 11 is 1.94. The summed E-state index contributed by atoms with van der Waals surface area (Å²) in [5.41, 5.74) is 1.56. The van der Waals surface area contributed by atoms with Gasteiger partial charge in [-0.05, 0) is 12.8 Å². The Kier molecular flexibility index (Phi) is 4.38. The molecule has 4 rings (SSSR count). The lowest BCUT2D eigenvalue weighted by molar-refractivity contribution is 0.0951. The lowest BCUT2D eigenvalue weighted by atomic mass is 10.2. The van der Waals surface area contributed by atoms with Crippen molar-refractivity contribution in [3.63, 3.8) is 0 Å². The number of nitrogens with one attached hydrogen (secondary N) is 1. The normalized spacial score (nSPS) is 17.6. The molecule has 0 unspecified atom stereocenters. The van der Waals surface area contributed by atoms with E-state index in [1.807, 2.05) is 42.1 Å². The number of nitrogens with zero attached hydrogens (tertiary/aromatic N) is 3. The van der Waals surface area contributed by atoms with E-state index in [-0.39, 0.29) is 5.91 Å². The van der Waals surface area contributed by atoms with Crippen molar-refractivity contribution in [3.8, 4) is 11.4 Å². The maximum atomic E-state index is 12.6. The molecule has 1 amide bonds. The quantitative estimate of drug-likeness (QED) is 0.927. The van der Waals surface area contributed by atoms with Crippen LogP contribution in [-0.2, 0) is 0 Å². The average Bonchev–Trinajstić information content (AvgIpc) is 3.46. The topological polar surface area (TPSA) is 58.1 Å². The number of aromatic nitrogens is 2. The summed E-state index contributed by atoms with van der Waals surface area (Å²) in [5, 5.41) is 3.06. The summed E-state index contributed by atoms with van der Waals surface area (Å²) in [6.45, 7) is 1.83. The molecule has 1 saturated carbocycles. The Labute approximate surface area is 145 Å². The number of benzene rings is 1. The van der Waals surface area contributed by atoms with Crippen molar-refractivity contribution < 1.29 is 4.79 Å². The predicted octanol–water partition coefficient (Wildman–Crippen LogP) is 2.59. The van der Waals surface area contributed by atoms with Crippen LogP contribution in [0.4, 0.5) is 5.82 Å². The molecule has 1 saturated heterocycles. The molecular formula is C18H20N4OS. The van der Waals surface area contributed by atoms with Gasteiger partial charge >= 0.3 is 0 Å². The van der Waals surface area contributed by atoms with Crippen molar-refractivity contribution in [2.75, 3.05) is 29.5 Å². The van der Waals surface area contributed by atoms with Gasteiger partial charge in [0.05, 0.1) is 0 Å². The van der Waals surface area contributed by atoms with Gasteiger partial charge in [0.15, 0.2) is 5.82 Å². The smallest absolute Gasteiger partial charge is 0.256 e. The predicted molar refractivity (Wildman–Crippen MR) is 97.5 cm³/mol. The van der Waals surface area contributed by atoms with Crippen LogP contribution >= 0.6 is 11.8 Å². The zero-order valence-corrected chi connectivity index (χ0v) is 14.3. The second-order valence-electron chi connectivity index (χ2n) is 6.14. The largest absolute Gasteiger partial charge is 0.354 e. The first-order valence-electron chi connectivity index (χ1n) is 8.37. The van der Waals surface area contributed by atoms with Crippen LogP contribution in [-0.4, -0.2) is 46.5 Å². The summed E-state index contributed by atoms with van der Waals surface area (Å²) < 4.78 is 0. The van der Waals surface area contributed by atoms with Crippen LogP contribution in [0.3, 0.4) is 0 Å². The van der Waals surface area contributed by atoms with E-state index in [9.17, 15) is 4.79 Å². The molecule has 1 aliphatic heterocycles. The lowest BCUT2D eigenvalue weighted by Gasteiger charge is -2.29. The zero-order chi connectivity index (χ0) is 16.4. The number of carbonyl (C=O) groups excluding carboxylic acids is 1. The Balaban J connectivity index is 1.70. The van der Waals surface area contributed by atoms with Gasteiger partial charge in [-0.25, -0.2) is 9.97 Å². The van der Waals surface area contributed by atoms with E-state index < -0.39 is 0 Å². The van der Waals surface area contributed by atoms with Gasteiger partial charge in [-0.2, -0.15) is 11.8 Å². The maximum absolute atomic E-state index is 12.6. The van der Waals surface area contributed by atoms with Crippen LogP contribution in [0.1, 0.15) is 23.2 Å². The minimum atomic E-state index is -0.0506. The van der Waals surface area contributed by atoms with Crippen molar-refractivity contribution >= 4 is 23.5 Å². The summed E-state index contributed by atoms with van der Waals surface area (Å²) in [6, 6.07) is 10.2. The number of carbonyl (C=O) groups is 1. The van der Waals surface area contributed by atoms with Gasteiger partial charge in [-0.1, -0.05) is 30.3 Å². The molecule has 0 radical (unpaired) electrons. The van der Waals surface area contributed by atoms with Gasteiger partial charge in [0, 0.05) is 42.4 Å². The van der Waals surface area contributed by atoms with E-state index in [1.54, 1.807) is 6.20 Å². The minimum Gasteiger partial charge on any atom is -0.354 e. The third kappa shape index (κ3) is 3.38. The Morgan fingerprint density at radius 1 is 1.17 bits per heavy atom. The molecular weight excluding hydrogens is 320 g/mol. The number of rotatable bonds is 4. The van der Waals surface area contributed by atoms with E-state index in [4.69, 9.17) is 4.98 Å². The van der Waals surface area contributed by atoms with Gasteiger partial charge in [-0.3, -0.25) is 4.79 Å². The highest BCUT2D eigenvalue weighted by molar-refractivity contribution is 7.99. The van der Waals surface area contributed by atoms with Gasteiger partial charge < -0.3 is 10.2 Å². The van der Waals surface area contributed by atoms with Crippen molar-refractivity contribution in [2.45, 2.75) is 18.9 Å². The highest BCUT2D eigenvalue weighted by Gasteiger charge is 2.27. The molecule has 5 nitrogen and oxygen atoms in total. The SMILES string of the molecule is O=C(NC1CC1)c1cnc(-c2ccccc2)nc1N1CCSCC1. The molecule has 6 heteroatoms. The Morgan fingerprint density at radius 3 is 2.62 bits per heavy atom. The van der Waals surface area contributed by atoms with Gasteiger partial charge in [0.25, 0.3) is 5.91 Å². The fourth-order valence-corrected chi connectivity index (χ4v) is 3.67. The second-order valence-corrected chi connectivity index (χ2v) is 7.37. The standard InChI is InChI=1S/C18H20N4OS/c23-18(20-14-6-7-14)15-12-19-16(13-4-2-1-3-5-13)21-17(15)22-8-10-24-11-9-22/h1-5,12,14H,6-11H2,(H,20,23). The highest BCUT2D eigenvalue weighted by atomic mass is 32.2. The summed E-state index contributed by atoms with van der Waals surface area (Å²) in [4.78, 5) is 24.0. The van der Waals surface area contributed by atoms with Crippen LogP contribution in [0.5, 0.6) is 0 Å². The fraction of sp³-hybridized carbons (Fsp3) is 0.389. The molecule has 0 bridgehead atoms. The second kappa shape index (κ2) is 6.81. The fourth-order valence-electron chi connectivity index (χ4n) is 2.77. The number of thioether (sulfide) groups is 1. The molecule has 124 valence electrons. The minimum absolute atomic E-state index is 0.0506. The zero-order valence-electron chi connectivity index (χ0n) is 13.4. The first kappa shape index (κ1) is 15.4. The molecule has 1 aromatic carbocycles. The molecule has 2 aromatic rings. The molecule has 0 atom stereocenters. The molecule has 2 aliphatic rings. The first-order valence-corrected chi connectivity index (χ1v) is 9.53. The number of amides is 1. The Morgan fingerprint density at radius 2 is 1.92 bits per heavy atom. The van der Waals surface area contributed by atoms with Crippen LogP contribution in [0.2, 0.25) is 0 Å². The summed E-state index contributed by atoms with van der Waals surface area (Å²) in [7, 11) is 0. The van der Waals surface area contributed by atoms with E-state index in [1.165, 1.54) is 0 Å². The maximum Gasteiger partial charge on any atom is 0.256 e. The molecule has 2 heterocycles. The van der Waals surface area contributed by atoms with Crippen molar-refractivity contribution in [2.24, 2.45) is 0 Å². The van der Waals surface area contributed by atoms with Crippen molar-refractivity contribution in [3.05, 3.63) is 42.1 Å². The van der Waals surface area contributed by atoms with E-state index >= 15 is 0 Å². The van der Waals surface area contributed by atoms with Gasteiger partial charge in [-0.15, -0.1) is 0 Å². The Bertz CT molecular complexity index is 727. The first-order chi connectivity index (χ1) is 11.8. The monoisotopic (exact) mass is 340 g/mol. The number of hydrogen-bond acceptors (Lipinski definition) is 5. The third-order valence-corrected chi connectivity index (χ3v) is 5.21. The Hall–Kier alpha value is -2.08. The summed E-state index contributed by atoms with van der Waals surface area (Å²) in [5.74, 6) is 3.52. The highest BCUT2D eigenvalue weighted by Crippen LogP contribution is 2.26. The van der Waals surface area contributed by atoms with Crippen molar-refractivity contribution in [1.29, 1.82) is 0 Å². The van der Waals surface area contributed by atoms with Crippen LogP contribution < -0.4 is 10.2 Å². The van der Waals surface area contributed by atoms with Crippen LogP contribution in [0, 0.1) is 0 Å². The summed E-state index contributed by atoms with van der Waals surface area (Å²) in [6.07, 6.45) is 3.83. The number of hydrogen-bond donors (Lipinski definition) is 1. The molecule has 1 aromatic heterocycles. The molecule has 24 heavy (non-hydrogen) atoms. The molecule has 1 aliphatic carbocycles. The van der Waals surface area contributed by atoms with E-state index in [0.29, 0.717) is 17.4 Å². The van der Waals surface area contributed by atoms with Crippen molar-refractivity contribution in [1.82, 2.24) is 15.3 Å². The van der Waals surface area contributed by atoms with Crippen LogP contribution in [0.15, 0.2) is 36.5 Å². The van der Waals surface area contributed by atoms with E-state index in [0.717, 1.165) is 48.8 Å². The van der Waals surface area contributed by atoms with Crippen LogP contribution in [0.25, 0.3) is 11.4 Å². The molecule has 1 N–H and O–H groups in total. The lowest BCUT2D eigenvalue weighted by Crippen LogP contribution is -2.36. The molecule has 0 spiro atoms.